The molecule has 2 rings (SSSR count). The lowest BCUT2D eigenvalue weighted by molar-refractivity contribution is 0.0526. The van der Waals surface area contributed by atoms with Crippen LogP contribution in [0.2, 0.25) is 0 Å². The number of esters is 1. The molecule has 0 radical (unpaired) electrons. The zero-order valence-electron chi connectivity index (χ0n) is 13.1. The van der Waals surface area contributed by atoms with E-state index in [0.29, 0.717) is 0 Å². The van der Waals surface area contributed by atoms with Crippen molar-refractivity contribution in [1.82, 2.24) is 0 Å². The molecule has 2 aromatic carbocycles. The van der Waals surface area contributed by atoms with Gasteiger partial charge in [-0.25, -0.2) is 9.59 Å². The van der Waals surface area contributed by atoms with Gasteiger partial charge in [-0.1, -0.05) is 30.3 Å². The molecule has 24 heavy (non-hydrogen) atoms. The molecule has 0 spiro atoms. The third-order valence-electron chi connectivity index (χ3n) is 3.10. The van der Waals surface area contributed by atoms with Crippen LogP contribution in [0.1, 0.15) is 22.8 Å². The number of phenolic OH excluding ortho intramolecular Hbond substituents is 1. The molecule has 0 aliphatic heterocycles. The van der Waals surface area contributed by atoms with Gasteiger partial charge in [-0.2, -0.15) is 0 Å². The van der Waals surface area contributed by atoms with E-state index in [1.807, 2.05) is 30.3 Å². The Morgan fingerprint density at radius 2 is 1.88 bits per heavy atom. The number of benzene rings is 2. The van der Waals surface area contributed by atoms with Crippen molar-refractivity contribution in [2.45, 2.75) is 13.5 Å². The number of hydrogen-bond acceptors (Lipinski definition) is 6. The fourth-order valence-corrected chi connectivity index (χ4v) is 1.98. The second kappa shape index (κ2) is 7.87. The fourth-order valence-electron chi connectivity index (χ4n) is 1.98. The van der Waals surface area contributed by atoms with E-state index in [4.69, 9.17) is 15.2 Å². The number of anilines is 2. The monoisotopic (exact) mass is 330 g/mol. The van der Waals surface area contributed by atoms with Gasteiger partial charge in [0, 0.05) is 0 Å². The van der Waals surface area contributed by atoms with E-state index in [1.54, 1.807) is 6.92 Å². The van der Waals surface area contributed by atoms with Gasteiger partial charge in [0.1, 0.15) is 18.0 Å². The summed E-state index contributed by atoms with van der Waals surface area (Å²) < 4.78 is 9.88. The predicted molar refractivity (Wildman–Crippen MR) is 88.7 cm³/mol. The van der Waals surface area contributed by atoms with Crippen molar-refractivity contribution in [2.75, 3.05) is 17.7 Å². The lowest BCUT2D eigenvalue weighted by Gasteiger charge is -2.12. The van der Waals surface area contributed by atoms with Crippen molar-refractivity contribution >= 4 is 23.4 Å². The largest absolute Gasteiger partial charge is 0.506 e. The van der Waals surface area contributed by atoms with Crippen molar-refractivity contribution in [2.24, 2.45) is 0 Å². The average molecular weight is 330 g/mol. The normalized spacial score (nSPS) is 10.0. The third-order valence-corrected chi connectivity index (χ3v) is 3.10. The number of nitrogens with two attached hydrogens (primary N) is 1. The Bertz CT molecular complexity index is 708. The Kier molecular flexibility index (Phi) is 5.62. The number of ether oxygens (including phenoxy) is 2. The molecule has 7 nitrogen and oxygen atoms in total. The molecule has 0 fully saturated rings. The maximum Gasteiger partial charge on any atom is 0.412 e. The van der Waals surface area contributed by atoms with Crippen LogP contribution in [-0.4, -0.2) is 23.8 Å². The fraction of sp³-hybridized carbons (Fsp3) is 0.176. The first-order valence-electron chi connectivity index (χ1n) is 7.28. The second-order valence-electron chi connectivity index (χ2n) is 4.87. The SMILES string of the molecule is CCOC(=O)c1cc(N)c(NC(=O)OCc2ccccc2)c(O)c1. The van der Waals surface area contributed by atoms with Crippen LogP contribution in [0.15, 0.2) is 42.5 Å². The first kappa shape index (κ1) is 17.1. The van der Waals surface area contributed by atoms with Crippen LogP contribution in [0.5, 0.6) is 5.75 Å². The topological polar surface area (TPSA) is 111 Å². The summed E-state index contributed by atoms with van der Waals surface area (Å²) in [5.74, 6) is -0.965. The number of aromatic hydroxyl groups is 1. The van der Waals surface area contributed by atoms with Crippen molar-refractivity contribution in [3.8, 4) is 5.75 Å². The first-order chi connectivity index (χ1) is 11.5. The molecule has 0 saturated heterocycles. The number of carbonyl (C=O) groups excluding carboxylic acids is 2. The Labute approximate surface area is 139 Å². The molecule has 1 amide bonds. The van der Waals surface area contributed by atoms with Crippen LogP contribution >= 0.6 is 0 Å². The molecule has 4 N–H and O–H groups in total. The summed E-state index contributed by atoms with van der Waals surface area (Å²) in [5.41, 5.74) is 6.68. The van der Waals surface area contributed by atoms with Gasteiger partial charge in [-0.15, -0.1) is 0 Å². The van der Waals surface area contributed by atoms with E-state index in [9.17, 15) is 14.7 Å². The lowest BCUT2D eigenvalue weighted by Crippen LogP contribution is -2.15. The number of carbonyl (C=O) groups is 2. The molecule has 0 aromatic heterocycles. The van der Waals surface area contributed by atoms with E-state index >= 15 is 0 Å². The molecule has 126 valence electrons. The molecule has 0 heterocycles. The third kappa shape index (κ3) is 4.39. The van der Waals surface area contributed by atoms with E-state index in [0.717, 1.165) is 5.56 Å². The Hall–Kier alpha value is -3.22. The van der Waals surface area contributed by atoms with Crippen molar-refractivity contribution in [3.63, 3.8) is 0 Å². The van der Waals surface area contributed by atoms with Crippen LogP contribution in [-0.2, 0) is 16.1 Å². The number of hydrogen-bond donors (Lipinski definition) is 3. The quantitative estimate of drug-likeness (QED) is 0.441. The summed E-state index contributed by atoms with van der Waals surface area (Å²) in [4.78, 5) is 23.5. The summed E-state index contributed by atoms with van der Waals surface area (Å²) in [6.45, 7) is 1.94. The molecule has 7 heteroatoms. The number of nitrogens with one attached hydrogen (secondary N) is 1. The minimum absolute atomic E-state index is 0.0229. The summed E-state index contributed by atoms with van der Waals surface area (Å²) in [6.07, 6.45) is -0.773. The van der Waals surface area contributed by atoms with Crippen LogP contribution < -0.4 is 11.1 Å². The number of nitrogen functional groups attached to an aromatic ring is 1. The number of rotatable bonds is 5. The standard InChI is InChI=1S/C17H18N2O5/c1-2-23-16(21)12-8-13(18)15(14(20)9-12)19-17(22)24-10-11-6-4-3-5-7-11/h3-9,20H,2,10,18H2,1H3,(H,19,22). The molecule has 0 atom stereocenters. The number of amides is 1. The van der Waals surface area contributed by atoms with Crippen LogP contribution in [0.3, 0.4) is 0 Å². The van der Waals surface area contributed by atoms with Crippen LogP contribution in [0.25, 0.3) is 0 Å². The predicted octanol–water partition coefficient (Wildman–Crippen LogP) is 2.90. The molecular weight excluding hydrogens is 312 g/mol. The summed E-state index contributed by atoms with van der Waals surface area (Å²) in [5, 5.41) is 12.3. The van der Waals surface area contributed by atoms with Gasteiger partial charge in [-0.05, 0) is 24.6 Å². The highest BCUT2D eigenvalue weighted by atomic mass is 16.5. The van der Waals surface area contributed by atoms with Crippen LogP contribution in [0.4, 0.5) is 16.2 Å². The van der Waals surface area contributed by atoms with Crippen molar-refractivity contribution in [3.05, 3.63) is 53.6 Å². The van der Waals surface area contributed by atoms with Crippen LogP contribution in [0, 0.1) is 0 Å². The maximum absolute atomic E-state index is 11.8. The summed E-state index contributed by atoms with van der Waals surface area (Å²) in [7, 11) is 0. The highest BCUT2D eigenvalue weighted by Crippen LogP contribution is 2.31. The highest BCUT2D eigenvalue weighted by Gasteiger charge is 2.16. The Morgan fingerprint density at radius 1 is 1.17 bits per heavy atom. The van der Waals surface area contributed by atoms with E-state index in [1.165, 1.54) is 12.1 Å². The van der Waals surface area contributed by atoms with Gasteiger partial charge in [0.25, 0.3) is 0 Å². The van der Waals surface area contributed by atoms with Crippen molar-refractivity contribution < 1.29 is 24.2 Å². The molecule has 0 saturated carbocycles. The zero-order chi connectivity index (χ0) is 17.5. The zero-order valence-corrected chi connectivity index (χ0v) is 13.1. The molecule has 2 aromatic rings. The molecule has 0 bridgehead atoms. The first-order valence-corrected chi connectivity index (χ1v) is 7.28. The van der Waals surface area contributed by atoms with Gasteiger partial charge < -0.3 is 20.3 Å². The minimum atomic E-state index is -0.773. The summed E-state index contributed by atoms with van der Waals surface area (Å²) >= 11 is 0. The Morgan fingerprint density at radius 3 is 2.50 bits per heavy atom. The summed E-state index contributed by atoms with van der Waals surface area (Å²) in [6, 6.07) is 11.6. The van der Waals surface area contributed by atoms with Crippen molar-refractivity contribution in [1.29, 1.82) is 0 Å². The molecule has 0 aliphatic rings. The lowest BCUT2D eigenvalue weighted by atomic mass is 10.1. The van der Waals surface area contributed by atoms with Gasteiger partial charge >= 0.3 is 12.1 Å². The highest BCUT2D eigenvalue weighted by molar-refractivity contribution is 5.97. The van der Waals surface area contributed by atoms with E-state index < -0.39 is 12.1 Å². The molecular formula is C17H18N2O5. The second-order valence-corrected chi connectivity index (χ2v) is 4.87. The average Bonchev–Trinajstić information content (AvgIpc) is 2.57. The Balaban J connectivity index is 2.03. The minimum Gasteiger partial charge on any atom is -0.506 e. The van der Waals surface area contributed by atoms with Gasteiger partial charge in [0.05, 0.1) is 17.9 Å². The van der Waals surface area contributed by atoms with Gasteiger partial charge in [0.2, 0.25) is 0 Å². The smallest absolute Gasteiger partial charge is 0.412 e. The number of phenols is 1. The van der Waals surface area contributed by atoms with E-state index in [-0.39, 0.29) is 35.9 Å². The van der Waals surface area contributed by atoms with E-state index in [2.05, 4.69) is 5.32 Å². The maximum atomic E-state index is 11.8. The molecule has 0 unspecified atom stereocenters. The van der Waals surface area contributed by atoms with Gasteiger partial charge in [0.15, 0.2) is 0 Å². The van der Waals surface area contributed by atoms with Gasteiger partial charge in [-0.3, -0.25) is 5.32 Å². The molecule has 0 aliphatic carbocycles.